The van der Waals surface area contributed by atoms with E-state index in [9.17, 15) is 5.11 Å². The van der Waals surface area contributed by atoms with Crippen molar-refractivity contribution < 1.29 is 5.11 Å². The predicted molar refractivity (Wildman–Crippen MR) is 71.9 cm³/mol. The molecule has 0 aliphatic heterocycles. The van der Waals surface area contributed by atoms with Gasteiger partial charge < -0.3 is 5.11 Å². The minimum Gasteiger partial charge on any atom is -0.508 e. The topological polar surface area (TPSA) is 20.2 Å². The Bertz CT molecular complexity index is 295. The van der Waals surface area contributed by atoms with Gasteiger partial charge in [-0.1, -0.05) is 66.2 Å². The third kappa shape index (κ3) is 5.79. The number of aromatic hydroxyl groups is 1. The molecule has 92 valence electrons. The van der Waals surface area contributed by atoms with Gasteiger partial charge in [0.1, 0.15) is 5.75 Å². The molecule has 0 fully saturated rings. The minimum atomic E-state index is 0.0331. The van der Waals surface area contributed by atoms with Crippen molar-refractivity contribution in [3.8, 4) is 5.75 Å². The summed E-state index contributed by atoms with van der Waals surface area (Å²) in [5.74, 6) is 1.27. The first kappa shape index (κ1) is 15.0. The fourth-order valence-corrected chi connectivity index (χ4v) is 1.11. The van der Waals surface area contributed by atoms with E-state index in [0.717, 1.165) is 11.5 Å². The Balaban J connectivity index is 0.000000385. The Labute approximate surface area is 101 Å². The number of para-hydroxylation sites is 1. The molecular formula is C15H26O. The van der Waals surface area contributed by atoms with E-state index in [4.69, 9.17) is 0 Å². The molecule has 0 unspecified atom stereocenters. The highest BCUT2D eigenvalue weighted by molar-refractivity contribution is 5.36. The Morgan fingerprint density at radius 2 is 1.56 bits per heavy atom. The molecule has 1 heteroatoms. The maximum atomic E-state index is 9.45. The van der Waals surface area contributed by atoms with Gasteiger partial charge in [0, 0.05) is 0 Å². The predicted octanol–water partition coefficient (Wildman–Crippen LogP) is 4.74. The first-order valence-corrected chi connectivity index (χ1v) is 6.07. The number of benzene rings is 1. The summed E-state index contributed by atoms with van der Waals surface area (Å²) in [6.07, 6.45) is 1.31. The summed E-state index contributed by atoms with van der Waals surface area (Å²) in [6, 6.07) is 7.46. The van der Waals surface area contributed by atoms with Crippen molar-refractivity contribution >= 4 is 0 Å². The van der Waals surface area contributed by atoms with Gasteiger partial charge >= 0.3 is 0 Å². The van der Waals surface area contributed by atoms with Crippen molar-refractivity contribution in [3.05, 3.63) is 29.8 Å². The van der Waals surface area contributed by atoms with Gasteiger partial charge in [0.15, 0.2) is 0 Å². The normalized spacial score (nSPS) is 10.9. The molecule has 1 N–H and O–H groups in total. The number of phenols is 1. The molecule has 0 aliphatic rings. The number of phenolic OH excluding ortho intramolecular Hbond substituents is 1. The van der Waals surface area contributed by atoms with Crippen molar-refractivity contribution in [2.24, 2.45) is 5.92 Å². The van der Waals surface area contributed by atoms with E-state index < -0.39 is 0 Å². The van der Waals surface area contributed by atoms with Gasteiger partial charge in [0.2, 0.25) is 0 Å². The molecule has 16 heavy (non-hydrogen) atoms. The fourth-order valence-electron chi connectivity index (χ4n) is 1.11. The largest absolute Gasteiger partial charge is 0.508 e. The Kier molecular flexibility index (Phi) is 6.17. The molecule has 0 radical (unpaired) electrons. The van der Waals surface area contributed by atoms with E-state index in [-0.39, 0.29) is 5.41 Å². The average molecular weight is 222 g/mol. The lowest BCUT2D eigenvalue weighted by atomic mass is 9.86. The Hall–Kier alpha value is -0.980. The average Bonchev–Trinajstić information content (AvgIpc) is 2.17. The molecule has 0 aliphatic carbocycles. The standard InChI is InChI=1S/C10H14O.C5H12/c1-10(2,3)8-6-4-5-7-9(8)11;1-4-5(2)3/h4-7,11H,1-3H3;5H,4H2,1-3H3. The number of rotatable bonds is 1. The van der Waals surface area contributed by atoms with Gasteiger partial charge in [-0.05, 0) is 23.0 Å². The molecule has 1 aromatic rings. The van der Waals surface area contributed by atoms with Crippen LogP contribution < -0.4 is 0 Å². The van der Waals surface area contributed by atoms with Crippen molar-refractivity contribution in [1.82, 2.24) is 0 Å². The molecule has 0 spiro atoms. The molecule has 0 bridgehead atoms. The smallest absolute Gasteiger partial charge is 0.119 e. The highest BCUT2D eigenvalue weighted by atomic mass is 16.3. The molecule has 0 amide bonds. The minimum absolute atomic E-state index is 0.0331. The van der Waals surface area contributed by atoms with E-state index in [2.05, 4.69) is 41.5 Å². The first-order chi connectivity index (χ1) is 7.29. The molecule has 0 saturated heterocycles. The van der Waals surface area contributed by atoms with Gasteiger partial charge in [-0.25, -0.2) is 0 Å². The molecule has 1 nitrogen and oxygen atoms in total. The van der Waals surface area contributed by atoms with Gasteiger partial charge in [0.05, 0.1) is 0 Å². The number of hydrogen-bond acceptors (Lipinski definition) is 1. The molecule has 1 aromatic carbocycles. The van der Waals surface area contributed by atoms with Gasteiger partial charge in [-0.15, -0.1) is 0 Å². The van der Waals surface area contributed by atoms with Crippen LogP contribution in [-0.4, -0.2) is 5.11 Å². The molecule has 0 aromatic heterocycles. The van der Waals surface area contributed by atoms with E-state index in [1.807, 2.05) is 18.2 Å². The zero-order valence-corrected chi connectivity index (χ0v) is 11.5. The SMILES string of the molecule is CC(C)(C)c1ccccc1O.CCC(C)C. The first-order valence-electron chi connectivity index (χ1n) is 6.07. The molecule has 0 saturated carbocycles. The number of hydrogen-bond donors (Lipinski definition) is 1. The summed E-state index contributed by atoms with van der Waals surface area (Å²) in [4.78, 5) is 0. The summed E-state index contributed by atoms with van der Waals surface area (Å²) < 4.78 is 0. The van der Waals surface area contributed by atoms with Crippen LogP contribution in [0.15, 0.2) is 24.3 Å². The van der Waals surface area contributed by atoms with Crippen LogP contribution >= 0.6 is 0 Å². The summed E-state index contributed by atoms with van der Waals surface area (Å²) in [6.45, 7) is 12.9. The van der Waals surface area contributed by atoms with Gasteiger partial charge in [-0.2, -0.15) is 0 Å². The van der Waals surface area contributed by atoms with Crippen LogP contribution in [-0.2, 0) is 5.41 Å². The summed E-state index contributed by atoms with van der Waals surface area (Å²) in [7, 11) is 0. The summed E-state index contributed by atoms with van der Waals surface area (Å²) >= 11 is 0. The van der Waals surface area contributed by atoms with Crippen LogP contribution in [0, 0.1) is 5.92 Å². The lowest BCUT2D eigenvalue weighted by Gasteiger charge is -2.19. The van der Waals surface area contributed by atoms with Crippen LogP contribution in [0.2, 0.25) is 0 Å². The molecule has 0 heterocycles. The third-order valence-electron chi connectivity index (χ3n) is 2.53. The van der Waals surface area contributed by atoms with E-state index in [1.165, 1.54) is 6.42 Å². The quantitative estimate of drug-likeness (QED) is 0.727. The zero-order chi connectivity index (χ0) is 12.8. The lowest BCUT2D eigenvalue weighted by molar-refractivity contribution is 0.447. The maximum absolute atomic E-state index is 9.45. The highest BCUT2D eigenvalue weighted by Gasteiger charge is 2.16. The monoisotopic (exact) mass is 222 g/mol. The summed E-state index contributed by atoms with van der Waals surface area (Å²) in [5.41, 5.74) is 1.03. The molecule has 0 atom stereocenters. The van der Waals surface area contributed by atoms with Crippen molar-refractivity contribution in [2.45, 2.75) is 53.4 Å². The highest BCUT2D eigenvalue weighted by Crippen LogP contribution is 2.29. The molecule has 1 rings (SSSR count). The second-order valence-electron chi connectivity index (χ2n) is 5.57. The van der Waals surface area contributed by atoms with Crippen LogP contribution in [0.5, 0.6) is 5.75 Å². The zero-order valence-electron chi connectivity index (χ0n) is 11.5. The third-order valence-corrected chi connectivity index (χ3v) is 2.53. The van der Waals surface area contributed by atoms with Crippen LogP contribution in [0.1, 0.15) is 53.5 Å². The van der Waals surface area contributed by atoms with Crippen molar-refractivity contribution in [3.63, 3.8) is 0 Å². The lowest BCUT2D eigenvalue weighted by Crippen LogP contribution is -2.10. The Morgan fingerprint density at radius 3 is 1.81 bits per heavy atom. The molecular weight excluding hydrogens is 196 g/mol. The van der Waals surface area contributed by atoms with Crippen LogP contribution in [0.25, 0.3) is 0 Å². The van der Waals surface area contributed by atoms with Gasteiger partial charge in [-0.3, -0.25) is 0 Å². The van der Waals surface area contributed by atoms with E-state index in [1.54, 1.807) is 6.07 Å². The van der Waals surface area contributed by atoms with Crippen molar-refractivity contribution in [1.29, 1.82) is 0 Å². The van der Waals surface area contributed by atoms with Crippen LogP contribution in [0.4, 0.5) is 0 Å². The fraction of sp³-hybridized carbons (Fsp3) is 0.600. The van der Waals surface area contributed by atoms with Gasteiger partial charge in [0.25, 0.3) is 0 Å². The van der Waals surface area contributed by atoms with Crippen LogP contribution in [0.3, 0.4) is 0 Å². The second-order valence-corrected chi connectivity index (χ2v) is 5.57. The Morgan fingerprint density at radius 1 is 1.12 bits per heavy atom. The van der Waals surface area contributed by atoms with Crippen molar-refractivity contribution in [2.75, 3.05) is 0 Å². The maximum Gasteiger partial charge on any atom is 0.119 e. The van der Waals surface area contributed by atoms with E-state index in [0.29, 0.717) is 5.75 Å². The summed E-state index contributed by atoms with van der Waals surface area (Å²) in [5, 5.41) is 9.45. The second kappa shape index (κ2) is 6.57. The van der Waals surface area contributed by atoms with E-state index >= 15 is 0 Å².